The van der Waals surface area contributed by atoms with Crippen LogP contribution < -0.4 is 10.1 Å². The molecule has 0 aliphatic carbocycles. The third-order valence-electron chi connectivity index (χ3n) is 4.86. The largest absolute Gasteiger partial charge is 0.511 e. The van der Waals surface area contributed by atoms with Crippen molar-refractivity contribution in [3.63, 3.8) is 0 Å². The third-order valence-corrected chi connectivity index (χ3v) is 4.86. The zero-order valence-electron chi connectivity index (χ0n) is 17.1. The van der Waals surface area contributed by atoms with Gasteiger partial charge in [-0.15, -0.1) is 0 Å². The number of aliphatic carboxylic acids is 1. The highest BCUT2D eigenvalue weighted by Crippen LogP contribution is 2.20. The smallest absolute Gasteiger partial charge is 0.322 e. The number of nitrogens with zero attached hydrogens (tertiary/aromatic N) is 1. The van der Waals surface area contributed by atoms with Gasteiger partial charge in [0.2, 0.25) is 0 Å². The Morgan fingerprint density at radius 2 is 1.71 bits per heavy atom. The van der Waals surface area contributed by atoms with E-state index in [1.807, 2.05) is 55.5 Å². The van der Waals surface area contributed by atoms with Gasteiger partial charge < -0.3 is 25.2 Å². The topological polar surface area (TPSA) is 116 Å². The molecule has 162 valence electrons. The number of carbonyl (C=O) groups is 3. The molecule has 8 heteroatoms. The van der Waals surface area contributed by atoms with Crippen LogP contribution >= 0.6 is 0 Å². The van der Waals surface area contributed by atoms with Gasteiger partial charge in [-0.25, -0.2) is 0 Å². The summed E-state index contributed by atoms with van der Waals surface area (Å²) in [6.07, 6.45) is 0.129. The molecule has 0 spiro atoms. The first-order chi connectivity index (χ1) is 14.8. The second-order valence-corrected chi connectivity index (χ2v) is 7.29. The number of rotatable bonds is 8. The van der Waals surface area contributed by atoms with Crippen LogP contribution in [0.1, 0.15) is 23.1 Å². The minimum atomic E-state index is -1.24. The predicted molar refractivity (Wildman–Crippen MR) is 112 cm³/mol. The molecule has 31 heavy (non-hydrogen) atoms. The molecule has 0 saturated carbocycles. The number of aliphatic hydroxyl groups is 1. The van der Waals surface area contributed by atoms with Crippen molar-refractivity contribution in [2.45, 2.75) is 26.5 Å². The lowest BCUT2D eigenvalue weighted by molar-refractivity contribution is -0.138. The van der Waals surface area contributed by atoms with E-state index in [0.717, 1.165) is 22.4 Å². The number of amides is 2. The Kier molecular flexibility index (Phi) is 6.92. The zero-order chi connectivity index (χ0) is 22.4. The third kappa shape index (κ3) is 5.85. The monoisotopic (exact) mass is 424 g/mol. The maximum Gasteiger partial charge on any atom is 0.322 e. The van der Waals surface area contributed by atoms with E-state index >= 15 is 0 Å². The summed E-state index contributed by atoms with van der Waals surface area (Å²) in [6.45, 7) is 2.32. The number of carbonyl (C=O) groups excluding carboxylic acids is 2. The fourth-order valence-corrected chi connectivity index (χ4v) is 3.13. The lowest BCUT2D eigenvalue weighted by Crippen LogP contribution is -2.43. The van der Waals surface area contributed by atoms with E-state index in [1.54, 1.807) is 0 Å². The molecule has 0 saturated heterocycles. The summed E-state index contributed by atoms with van der Waals surface area (Å²) in [5.74, 6) is -2.29. The van der Waals surface area contributed by atoms with Crippen LogP contribution in [0.5, 0.6) is 5.75 Å². The maximum absolute atomic E-state index is 12.7. The molecule has 1 aliphatic heterocycles. The molecular weight excluding hydrogens is 400 g/mol. The summed E-state index contributed by atoms with van der Waals surface area (Å²) < 4.78 is 5.76. The lowest BCUT2D eigenvalue weighted by atomic mass is 10.0. The van der Waals surface area contributed by atoms with Crippen LogP contribution in [0.2, 0.25) is 0 Å². The molecule has 8 nitrogen and oxygen atoms in total. The average molecular weight is 424 g/mol. The number of hydrogen-bond acceptors (Lipinski definition) is 5. The number of benzene rings is 2. The van der Waals surface area contributed by atoms with E-state index in [9.17, 15) is 19.5 Å². The fraction of sp³-hybridized carbons (Fsp3) is 0.261. The van der Waals surface area contributed by atoms with Gasteiger partial charge in [0.25, 0.3) is 11.8 Å². The van der Waals surface area contributed by atoms with Crippen LogP contribution in [-0.4, -0.2) is 46.0 Å². The summed E-state index contributed by atoms with van der Waals surface area (Å²) in [5, 5.41) is 20.8. The molecule has 0 bridgehead atoms. The Morgan fingerprint density at radius 3 is 2.35 bits per heavy atom. The molecule has 0 radical (unpaired) electrons. The summed E-state index contributed by atoms with van der Waals surface area (Å²) in [6, 6.07) is 15.4. The normalized spacial score (nSPS) is 13.8. The van der Waals surface area contributed by atoms with Crippen LogP contribution in [0, 0.1) is 6.92 Å². The SMILES string of the molecule is Cc1ccc(OCc2ccc(CN3CCC(O)=C(C(=O)NCC(=O)O)C3=O)cc2)cc1. The number of aliphatic hydroxyl groups excluding tert-OH is 1. The number of aryl methyl sites for hydroxylation is 1. The van der Waals surface area contributed by atoms with Gasteiger partial charge in [0.15, 0.2) is 0 Å². The van der Waals surface area contributed by atoms with Gasteiger partial charge in [-0.3, -0.25) is 14.4 Å². The van der Waals surface area contributed by atoms with E-state index in [1.165, 1.54) is 4.90 Å². The van der Waals surface area contributed by atoms with Crippen molar-refractivity contribution in [1.82, 2.24) is 10.2 Å². The van der Waals surface area contributed by atoms with Gasteiger partial charge in [0.1, 0.15) is 30.2 Å². The summed E-state index contributed by atoms with van der Waals surface area (Å²) >= 11 is 0. The van der Waals surface area contributed by atoms with Gasteiger partial charge in [-0.1, -0.05) is 42.0 Å². The molecule has 3 N–H and O–H groups in total. The van der Waals surface area contributed by atoms with Crippen LogP contribution in [0.3, 0.4) is 0 Å². The molecule has 2 aromatic rings. The summed E-state index contributed by atoms with van der Waals surface area (Å²) in [4.78, 5) is 36.9. The minimum absolute atomic E-state index is 0.129. The van der Waals surface area contributed by atoms with Crippen LogP contribution in [-0.2, 0) is 27.5 Å². The molecule has 0 fully saturated rings. The first kappa shape index (κ1) is 21.9. The minimum Gasteiger partial charge on any atom is -0.511 e. The van der Waals surface area contributed by atoms with E-state index in [2.05, 4.69) is 5.32 Å². The molecule has 2 amide bonds. The molecule has 0 aromatic heterocycles. The van der Waals surface area contributed by atoms with Crippen molar-refractivity contribution < 1.29 is 29.3 Å². The van der Waals surface area contributed by atoms with Crippen molar-refractivity contribution in [2.75, 3.05) is 13.1 Å². The van der Waals surface area contributed by atoms with E-state index < -0.39 is 29.9 Å². The maximum atomic E-state index is 12.7. The Balaban J connectivity index is 1.59. The van der Waals surface area contributed by atoms with Crippen molar-refractivity contribution in [3.8, 4) is 5.75 Å². The second-order valence-electron chi connectivity index (χ2n) is 7.29. The predicted octanol–water partition coefficient (Wildman–Crippen LogP) is 2.32. The number of carboxylic acid groups (broad SMARTS) is 1. The second kappa shape index (κ2) is 9.80. The standard InChI is InChI=1S/C23H24N2O6/c1-15-2-8-18(9-3-15)31-14-17-6-4-16(5-7-17)13-25-11-10-19(26)21(23(25)30)22(29)24-12-20(27)28/h2-9,26H,10-14H2,1H3,(H,24,29)(H,27,28). The van der Waals surface area contributed by atoms with Gasteiger partial charge in [-0.2, -0.15) is 0 Å². The Morgan fingerprint density at radius 1 is 1.06 bits per heavy atom. The first-order valence-electron chi connectivity index (χ1n) is 9.82. The highest BCUT2D eigenvalue weighted by atomic mass is 16.5. The van der Waals surface area contributed by atoms with Crippen LogP contribution in [0.25, 0.3) is 0 Å². The number of carboxylic acids is 1. The molecule has 2 aromatic carbocycles. The summed E-state index contributed by atoms with van der Waals surface area (Å²) in [7, 11) is 0. The Labute approximate surface area is 179 Å². The van der Waals surface area contributed by atoms with Crippen molar-refractivity contribution in [1.29, 1.82) is 0 Å². The highest BCUT2D eigenvalue weighted by Gasteiger charge is 2.32. The quantitative estimate of drug-likeness (QED) is 0.560. The highest BCUT2D eigenvalue weighted by molar-refractivity contribution is 6.19. The number of nitrogens with one attached hydrogen (secondary N) is 1. The van der Waals surface area contributed by atoms with Crippen molar-refractivity contribution in [3.05, 3.63) is 76.6 Å². The van der Waals surface area contributed by atoms with E-state index in [-0.39, 0.29) is 25.3 Å². The molecule has 0 unspecified atom stereocenters. The average Bonchev–Trinajstić information content (AvgIpc) is 2.75. The van der Waals surface area contributed by atoms with Gasteiger partial charge in [0, 0.05) is 19.5 Å². The first-order valence-corrected chi connectivity index (χ1v) is 9.82. The van der Waals surface area contributed by atoms with Crippen molar-refractivity contribution >= 4 is 17.8 Å². The molecule has 1 aliphatic rings. The molecule has 3 rings (SSSR count). The van der Waals surface area contributed by atoms with Gasteiger partial charge >= 0.3 is 5.97 Å². The van der Waals surface area contributed by atoms with Crippen LogP contribution in [0.15, 0.2) is 59.9 Å². The summed E-state index contributed by atoms with van der Waals surface area (Å²) in [5.41, 5.74) is 2.59. The Bertz CT molecular complexity index is 996. The van der Waals surface area contributed by atoms with Crippen LogP contribution in [0.4, 0.5) is 0 Å². The Hall–Kier alpha value is -3.81. The zero-order valence-corrected chi connectivity index (χ0v) is 17.1. The van der Waals surface area contributed by atoms with Gasteiger partial charge in [0.05, 0.1) is 0 Å². The van der Waals surface area contributed by atoms with E-state index in [4.69, 9.17) is 9.84 Å². The fourth-order valence-electron chi connectivity index (χ4n) is 3.13. The van der Waals surface area contributed by atoms with E-state index in [0.29, 0.717) is 6.61 Å². The molecular formula is C23H24N2O6. The van der Waals surface area contributed by atoms with Crippen molar-refractivity contribution in [2.24, 2.45) is 0 Å². The molecule has 1 heterocycles. The van der Waals surface area contributed by atoms with Gasteiger partial charge in [-0.05, 0) is 30.2 Å². The molecule has 0 atom stereocenters. The lowest BCUT2D eigenvalue weighted by Gasteiger charge is -2.28. The number of ether oxygens (including phenoxy) is 1. The number of hydrogen-bond donors (Lipinski definition) is 3.